The highest BCUT2D eigenvalue weighted by Gasteiger charge is 2.12. The number of aromatic nitrogens is 3. The molecule has 1 aliphatic rings. The Bertz CT molecular complexity index is 627. The van der Waals surface area contributed by atoms with Crippen LogP contribution in [-0.2, 0) is 26.4 Å². The van der Waals surface area contributed by atoms with Gasteiger partial charge in [-0.15, -0.1) is 0 Å². The summed E-state index contributed by atoms with van der Waals surface area (Å²) in [6.07, 6.45) is 3.33. The van der Waals surface area contributed by atoms with Crippen molar-refractivity contribution in [3.8, 4) is 5.75 Å². The highest BCUT2D eigenvalue weighted by Crippen LogP contribution is 2.25. The third kappa shape index (κ3) is 1.92. The van der Waals surface area contributed by atoms with Crippen molar-refractivity contribution in [2.24, 2.45) is 7.05 Å². The zero-order valence-electron chi connectivity index (χ0n) is 10.3. The van der Waals surface area contributed by atoms with Gasteiger partial charge in [0.1, 0.15) is 12.1 Å². The molecule has 0 bridgehead atoms. The number of hydrogen-bond donors (Lipinski definition) is 0. The highest BCUT2D eigenvalue weighted by atomic mass is 16.5. The fourth-order valence-corrected chi connectivity index (χ4v) is 2.20. The maximum absolute atomic E-state index is 11.6. The molecule has 2 aromatic rings. The molecule has 0 saturated heterocycles. The predicted molar refractivity (Wildman–Crippen MR) is 66.8 cm³/mol. The van der Waals surface area contributed by atoms with Gasteiger partial charge in [-0.2, -0.15) is 5.10 Å². The Hall–Kier alpha value is -2.04. The standard InChI is InChI=1S/C13H15N3O2/c1-15-9-14-16(13(15)17)6-4-10-2-3-12-11(8-10)5-7-18-12/h2-3,8-9H,4-7H2,1H3. The van der Waals surface area contributed by atoms with Gasteiger partial charge in [-0.3, -0.25) is 4.57 Å². The SMILES string of the molecule is Cn1cnn(CCc2ccc3c(c2)CCO3)c1=O. The Kier molecular flexibility index (Phi) is 2.66. The molecule has 0 saturated carbocycles. The van der Waals surface area contributed by atoms with Crippen LogP contribution in [0.2, 0.25) is 0 Å². The van der Waals surface area contributed by atoms with Crippen LogP contribution in [0.4, 0.5) is 0 Å². The summed E-state index contributed by atoms with van der Waals surface area (Å²) in [5, 5.41) is 4.05. The number of hydrogen-bond acceptors (Lipinski definition) is 3. The van der Waals surface area contributed by atoms with Gasteiger partial charge in [-0.05, 0) is 23.6 Å². The van der Waals surface area contributed by atoms with E-state index in [0.29, 0.717) is 6.54 Å². The van der Waals surface area contributed by atoms with E-state index in [2.05, 4.69) is 17.2 Å². The van der Waals surface area contributed by atoms with Gasteiger partial charge in [0.05, 0.1) is 13.2 Å². The maximum Gasteiger partial charge on any atom is 0.345 e. The summed E-state index contributed by atoms with van der Waals surface area (Å²) in [7, 11) is 1.71. The van der Waals surface area contributed by atoms with Gasteiger partial charge in [0.25, 0.3) is 0 Å². The van der Waals surface area contributed by atoms with Crippen LogP contribution in [0.25, 0.3) is 0 Å². The molecule has 94 valence electrons. The maximum atomic E-state index is 11.6. The van der Waals surface area contributed by atoms with Crippen molar-refractivity contribution >= 4 is 0 Å². The van der Waals surface area contributed by atoms with Crippen molar-refractivity contribution in [1.82, 2.24) is 14.3 Å². The fourth-order valence-electron chi connectivity index (χ4n) is 2.20. The van der Waals surface area contributed by atoms with Crippen LogP contribution >= 0.6 is 0 Å². The Morgan fingerprint density at radius 2 is 2.33 bits per heavy atom. The summed E-state index contributed by atoms with van der Waals surface area (Å²) >= 11 is 0. The lowest BCUT2D eigenvalue weighted by Crippen LogP contribution is -2.23. The third-order valence-electron chi connectivity index (χ3n) is 3.25. The van der Waals surface area contributed by atoms with Crippen LogP contribution in [0.5, 0.6) is 5.75 Å². The summed E-state index contributed by atoms with van der Waals surface area (Å²) in [5.41, 5.74) is 2.41. The summed E-state index contributed by atoms with van der Waals surface area (Å²) in [6, 6.07) is 6.23. The third-order valence-corrected chi connectivity index (χ3v) is 3.25. The topological polar surface area (TPSA) is 49.0 Å². The van der Waals surface area contributed by atoms with Crippen LogP contribution in [0.3, 0.4) is 0 Å². The molecule has 1 aromatic heterocycles. The van der Waals surface area contributed by atoms with Gasteiger partial charge >= 0.3 is 5.69 Å². The van der Waals surface area contributed by atoms with Gasteiger partial charge in [0, 0.05) is 13.5 Å². The van der Waals surface area contributed by atoms with E-state index in [1.165, 1.54) is 20.4 Å². The van der Waals surface area contributed by atoms with Gasteiger partial charge < -0.3 is 4.74 Å². The first-order valence-electron chi connectivity index (χ1n) is 6.07. The fraction of sp³-hybridized carbons (Fsp3) is 0.385. The molecule has 1 aliphatic heterocycles. The van der Waals surface area contributed by atoms with Crippen molar-refractivity contribution in [1.29, 1.82) is 0 Å². The second-order valence-corrected chi connectivity index (χ2v) is 4.54. The number of nitrogens with zero attached hydrogens (tertiary/aromatic N) is 3. The smallest absolute Gasteiger partial charge is 0.345 e. The van der Waals surface area contributed by atoms with Crippen molar-refractivity contribution in [3.05, 3.63) is 46.1 Å². The predicted octanol–water partition coefficient (Wildman–Crippen LogP) is 0.759. The summed E-state index contributed by atoms with van der Waals surface area (Å²) in [5.74, 6) is 0.994. The van der Waals surface area contributed by atoms with E-state index in [1.54, 1.807) is 13.4 Å². The Morgan fingerprint density at radius 1 is 1.44 bits per heavy atom. The first-order valence-corrected chi connectivity index (χ1v) is 6.07. The van der Waals surface area contributed by atoms with E-state index in [0.717, 1.165) is 25.2 Å². The monoisotopic (exact) mass is 245 g/mol. The van der Waals surface area contributed by atoms with E-state index in [4.69, 9.17) is 4.74 Å². The van der Waals surface area contributed by atoms with Crippen LogP contribution in [0.15, 0.2) is 29.3 Å². The molecule has 3 rings (SSSR count). The Labute approximate surface area is 105 Å². The van der Waals surface area contributed by atoms with Gasteiger partial charge in [0.2, 0.25) is 0 Å². The Balaban J connectivity index is 1.74. The van der Waals surface area contributed by atoms with Gasteiger partial charge in [-0.1, -0.05) is 12.1 Å². The normalized spacial score (nSPS) is 13.4. The first-order chi connectivity index (χ1) is 8.74. The first kappa shape index (κ1) is 11.1. The Morgan fingerprint density at radius 3 is 3.11 bits per heavy atom. The lowest BCUT2D eigenvalue weighted by Gasteiger charge is -2.04. The largest absolute Gasteiger partial charge is 0.493 e. The zero-order chi connectivity index (χ0) is 12.5. The van der Waals surface area contributed by atoms with Crippen molar-refractivity contribution < 1.29 is 4.74 Å². The van der Waals surface area contributed by atoms with Gasteiger partial charge in [-0.25, -0.2) is 9.48 Å². The molecule has 18 heavy (non-hydrogen) atoms. The van der Waals surface area contributed by atoms with Crippen molar-refractivity contribution in [3.63, 3.8) is 0 Å². The average Bonchev–Trinajstić information content (AvgIpc) is 2.96. The second-order valence-electron chi connectivity index (χ2n) is 4.54. The molecular weight excluding hydrogens is 230 g/mol. The molecule has 0 radical (unpaired) electrons. The molecule has 0 N–H and O–H groups in total. The van der Waals surface area contributed by atoms with Crippen molar-refractivity contribution in [2.75, 3.05) is 6.61 Å². The molecule has 0 unspecified atom stereocenters. The van der Waals surface area contributed by atoms with E-state index in [-0.39, 0.29) is 5.69 Å². The molecule has 0 aliphatic carbocycles. The van der Waals surface area contributed by atoms with Gasteiger partial charge in [0.15, 0.2) is 0 Å². The van der Waals surface area contributed by atoms with E-state index in [1.807, 2.05) is 6.07 Å². The van der Waals surface area contributed by atoms with Crippen LogP contribution in [0.1, 0.15) is 11.1 Å². The highest BCUT2D eigenvalue weighted by molar-refractivity contribution is 5.39. The lowest BCUT2D eigenvalue weighted by molar-refractivity contribution is 0.357. The molecule has 0 fully saturated rings. The summed E-state index contributed by atoms with van der Waals surface area (Å²) in [6.45, 7) is 1.39. The molecule has 2 heterocycles. The number of benzene rings is 1. The molecule has 0 atom stereocenters. The molecule has 1 aromatic carbocycles. The summed E-state index contributed by atoms with van der Waals surface area (Å²) < 4.78 is 8.44. The van der Waals surface area contributed by atoms with Crippen LogP contribution in [0, 0.1) is 0 Å². The minimum atomic E-state index is -0.0699. The van der Waals surface area contributed by atoms with E-state index < -0.39 is 0 Å². The minimum absolute atomic E-state index is 0.0699. The number of fused-ring (bicyclic) bond motifs is 1. The number of aryl methyl sites for hydroxylation is 3. The molecular formula is C13H15N3O2. The number of ether oxygens (including phenoxy) is 1. The molecule has 0 spiro atoms. The average molecular weight is 245 g/mol. The minimum Gasteiger partial charge on any atom is -0.493 e. The second kappa shape index (κ2) is 4.33. The van der Waals surface area contributed by atoms with E-state index >= 15 is 0 Å². The van der Waals surface area contributed by atoms with Crippen LogP contribution in [-0.4, -0.2) is 21.0 Å². The molecule has 5 nitrogen and oxygen atoms in total. The number of rotatable bonds is 3. The van der Waals surface area contributed by atoms with Crippen molar-refractivity contribution in [2.45, 2.75) is 19.4 Å². The summed E-state index contributed by atoms with van der Waals surface area (Å²) in [4.78, 5) is 11.6. The molecule has 0 amide bonds. The van der Waals surface area contributed by atoms with Crippen LogP contribution < -0.4 is 10.4 Å². The molecule has 5 heteroatoms. The quantitative estimate of drug-likeness (QED) is 0.802. The van der Waals surface area contributed by atoms with E-state index in [9.17, 15) is 4.79 Å². The zero-order valence-corrected chi connectivity index (χ0v) is 10.3. The lowest BCUT2D eigenvalue weighted by atomic mass is 10.1.